The smallest absolute Gasteiger partial charge is 0.340 e. The standard InChI is InChI=1S/C10H10BrF2NO2/c1-3-16-10(15)6-4-5(2)8(11)14-7(6)9(12)13/h4,9H,3H2,1-2H3. The number of pyridine rings is 1. The number of hydrogen-bond donors (Lipinski definition) is 0. The summed E-state index contributed by atoms with van der Waals surface area (Å²) in [5.74, 6) is -0.777. The van der Waals surface area contributed by atoms with Crippen molar-refractivity contribution in [2.75, 3.05) is 6.61 Å². The van der Waals surface area contributed by atoms with Crippen LogP contribution in [0.3, 0.4) is 0 Å². The van der Waals surface area contributed by atoms with Crippen LogP contribution in [0, 0.1) is 6.92 Å². The lowest BCUT2D eigenvalue weighted by Crippen LogP contribution is -2.11. The Morgan fingerprint density at radius 1 is 1.62 bits per heavy atom. The molecular weight excluding hydrogens is 284 g/mol. The van der Waals surface area contributed by atoms with Crippen LogP contribution in [0.4, 0.5) is 8.78 Å². The van der Waals surface area contributed by atoms with E-state index in [0.717, 1.165) is 0 Å². The van der Waals surface area contributed by atoms with Crippen LogP contribution in [0.2, 0.25) is 0 Å². The van der Waals surface area contributed by atoms with E-state index in [1.165, 1.54) is 6.07 Å². The Labute approximate surface area is 99.9 Å². The van der Waals surface area contributed by atoms with Gasteiger partial charge in [0.15, 0.2) is 0 Å². The first-order chi connectivity index (χ1) is 7.47. The van der Waals surface area contributed by atoms with Gasteiger partial charge in [-0.3, -0.25) is 0 Å². The number of alkyl halides is 2. The normalized spacial score (nSPS) is 10.6. The van der Waals surface area contributed by atoms with E-state index in [0.29, 0.717) is 10.2 Å². The molecule has 1 aromatic heterocycles. The van der Waals surface area contributed by atoms with Crippen LogP contribution in [0.25, 0.3) is 0 Å². The van der Waals surface area contributed by atoms with Gasteiger partial charge in [-0.15, -0.1) is 0 Å². The molecule has 0 unspecified atom stereocenters. The summed E-state index contributed by atoms with van der Waals surface area (Å²) in [7, 11) is 0. The van der Waals surface area contributed by atoms with Crippen molar-refractivity contribution in [1.82, 2.24) is 4.98 Å². The number of ether oxygens (including phenoxy) is 1. The third-order valence-corrected chi connectivity index (χ3v) is 2.69. The molecule has 0 fully saturated rings. The molecule has 0 spiro atoms. The Balaban J connectivity index is 3.24. The number of halogens is 3. The van der Waals surface area contributed by atoms with Crippen LogP contribution in [0.1, 0.15) is 35.0 Å². The fraction of sp³-hybridized carbons (Fsp3) is 0.400. The molecule has 0 aromatic carbocycles. The number of aromatic nitrogens is 1. The highest BCUT2D eigenvalue weighted by molar-refractivity contribution is 9.10. The Morgan fingerprint density at radius 3 is 2.75 bits per heavy atom. The molecule has 0 bridgehead atoms. The Morgan fingerprint density at radius 2 is 2.25 bits per heavy atom. The average molecular weight is 294 g/mol. The number of nitrogens with zero attached hydrogens (tertiary/aromatic N) is 1. The molecule has 0 atom stereocenters. The summed E-state index contributed by atoms with van der Waals surface area (Å²) in [6, 6.07) is 1.34. The Hall–Kier alpha value is -1.04. The molecule has 0 radical (unpaired) electrons. The molecule has 16 heavy (non-hydrogen) atoms. The van der Waals surface area contributed by atoms with Gasteiger partial charge in [-0.2, -0.15) is 0 Å². The third-order valence-electron chi connectivity index (χ3n) is 1.88. The summed E-state index contributed by atoms with van der Waals surface area (Å²) >= 11 is 3.04. The molecule has 0 amide bonds. The minimum absolute atomic E-state index is 0.136. The summed E-state index contributed by atoms with van der Waals surface area (Å²) in [5, 5.41) is 0. The topological polar surface area (TPSA) is 39.2 Å². The summed E-state index contributed by atoms with van der Waals surface area (Å²) in [6.45, 7) is 3.41. The van der Waals surface area contributed by atoms with Crippen LogP contribution in [-0.4, -0.2) is 17.6 Å². The van der Waals surface area contributed by atoms with Gasteiger partial charge in [0.1, 0.15) is 10.3 Å². The van der Waals surface area contributed by atoms with Crippen molar-refractivity contribution < 1.29 is 18.3 Å². The van der Waals surface area contributed by atoms with E-state index in [-0.39, 0.29) is 12.2 Å². The van der Waals surface area contributed by atoms with Crippen molar-refractivity contribution in [2.24, 2.45) is 0 Å². The van der Waals surface area contributed by atoms with E-state index >= 15 is 0 Å². The molecular formula is C10H10BrF2NO2. The second-order valence-electron chi connectivity index (χ2n) is 3.05. The quantitative estimate of drug-likeness (QED) is 0.634. The molecule has 1 aromatic rings. The van der Waals surface area contributed by atoms with Crippen molar-refractivity contribution in [3.05, 3.63) is 27.5 Å². The maximum Gasteiger partial charge on any atom is 0.340 e. The lowest BCUT2D eigenvalue weighted by Gasteiger charge is -2.09. The molecule has 1 heterocycles. The first-order valence-corrected chi connectivity index (χ1v) is 5.39. The largest absolute Gasteiger partial charge is 0.462 e. The van der Waals surface area contributed by atoms with Gasteiger partial charge < -0.3 is 4.74 Å². The SMILES string of the molecule is CCOC(=O)c1cc(C)c(Br)nc1C(F)F. The highest BCUT2D eigenvalue weighted by Gasteiger charge is 2.22. The molecule has 0 N–H and O–H groups in total. The first-order valence-electron chi connectivity index (χ1n) is 4.59. The van der Waals surface area contributed by atoms with Crippen molar-refractivity contribution in [1.29, 1.82) is 0 Å². The zero-order chi connectivity index (χ0) is 12.3. The highest BCUT2D eigenvalue weighted by atomic mass is 79.9. The predicted molar refractivity (Wildman–Crippen MR) is 57.6 cm³/mol. The Kier molecular flexibility index (Phi) is 4.35. The van der Waals surface area contributed by atoms with Crippen LogP contribution in [-0.2, 0) is 4.74 Å². The maximum atomic E-state index is 12.6. The summed E-state index contributed by atoms with van der Waals surface area (Å²) < 4.78 is 30.3. The van der Waals surface area contributed by atoms with Gasteiger partial charge in [0.2, 0.25) is 0 Å². The maximum absolute atomic E-state index is 12.6. The molecule has 6 heteroatoms. The van der Waals surface area contributed by atoms with E-state index in [2.05, 4.69) is 25.7 Å². The second kappa shape index (κ2) is 5.34. The van der Waals surface area contributed by atoms with Gasteiger partial charge in [0, 0.05) is 0 Å². The van der Waals surface area contributed by atoms with E-state index in [1.54, 1.807) is 13.8 Å². The minimum atomic E-state index is -2.81. The van der Waals surface area contributed by atoms with Gasteiger partial charge in [0.25, 0.3) is 6.43 Å². The lowest BCUT2D eigenvalue weighted by molar-refractivity contribution is 0.0513. The van der Waals surface area contributed by atoms with Gasteiger partial charge in [-0.05, 0) is 41.4 Å². The minimum Gasteiger partial charge on any atom is -0.462 e. The van der Waals surface area contributed by atoms with E-state index in [1.807, 2.05) is 0 Å². The van der Waals surface area contributed by atoms with Crippen molar-refractivity contribution >= 4 is 21.9 Å². The van der Waals surface area contributed by atoms with Crippen LogP contribution in [0.5, 0.6) is 0 Å². The van der Waals surface area contributed by atoms with Gasteiger partial charge >= 0.3 is 5.97 Å². The molecule has 0 saturated carbocycles. The van der Waals surface area contributed by atoms with Gasteiger partial charge in [-0.1, -0.05) is 0 Å². The van der Waals surface area contributed by atoms with E-state index in [4.69, 9.17) is 0 Å². The molecule has 0 aliphatic carbocycles. The van der Waals surface area contributed by atoms with Crippen molar-refractivity contribution in [2.45, 2.75) is 20.3 Å². The van der Waals surface area contributed by atoms with Crippen molar-refractivity contribution in [3.8, 4) is 0 Å². The summed E-state index contributed by atoms with van der Waals surface area (Å²) in [6.07, 6.45) is -2.81. The fourth-order valence-electron chi connectivity index (χ4n) is 1.14. The third kappa shape index (κ3) is 2.75. The van der Waals surface area contributed by atoms with Gasteiger partial charge in [0.05, 0.1) is 12.2 Å². The van der Waals surface area contributed by atoms with E-state index in [9.17, 15) is 13.6 Å². The number of hydrogen-bond acceptors (Lipinski definition) is 3. The average Bonchev–Trinajstić information content (AvgIpc) is 2.21. The second-order valence-corrected chi connectivity index (χ2v) is 3.80. The predicted octanol–water partition coefficient (Wildman–Crippen LogP) is 3.27. The lowest BCUT2D eigenvalue weighted by atomic mass is 10.1. The molecule has 0 saturated heterocycles. The molecule has 0 aliphatic rings. The fourth-order valence-corrected chi connectivity index (χ4v) is 1.45. The van der Waals surface area contributed by atoms with Crippen LogP contribution < -0.4 is 0 Å². The Bertz CT molecular complexity index is 410. The number of rotatable bonds is 3. The van der Waals surface area contributed by atoms with E-state index < -0.39 is 18.1 Å². The zero-order valence-electron chi connectivity index (χ0n) is 8.76. The first kappa shape index (κ1) is 13.0. The molecule has 3 nitrogen and oxygen atoms in total. The molecule has 0 aliphatic heterocycles. The highest BCUT2D eigenvalue weighted by Crippen LogP contribution is 2.26. The molecule has 88 valence electrons. The number of carbonyl (C=O) groups is 1. The number of esters is 1. The van der Waals surface area contributed by atoms with Gasteiger partial charge in [-0.25, -0.2) is 18.6 Å². The summed E-state index contributed by atoms with van der Waals surface area (Å²) in [4.78, 5) is 15.1. The summed E-state index contributed by atoms with van der Waals surface area (Å²) in [5.41, 5.74) is -0.138. The number of carbonyl (C=O) groups excluding carboxylic acids is 1. The van der Waals surface area contributed by atoms with Crippen molar-refractivity contribution in [3.63, 3.8) is 0 Å². The number of aryl methyl sites for hydroxylation is 1. The molecule has 1 rings (SSSR count). The van der Waals surface area contributed by atoms with Crippen LogP contribution >= 0.6 is 15.9 Å². The monoisotopic (exact) mass is 293 g/mol. The van der Waals surface area contributed by atoms with Crippen LogP contribution in [0.15, 0.2) is 10.7 Å². The zero-order valence-corrected chi connectivity index (χ0v) is 10.3.